The molecule has 0 bridgehead atoms. The summed E-state index contributed by atoms with van der Waals surface area (Å²) in [6.45, 7) is 4.32. The van der Waals surface area contributed by atoms with Crippen molar-refractivity contribution in [3.63, 3.8) is 0 Å². The first-order valence-corrected chi connectivity index (χ1v) is 12.3. The first-order valence-electron chi connectivity index (χ1n) is 12.3. The second-order valence-corrected chi connectivity index (χ2v) is 9.73. The summed E-state index contributed by atoms with van der Waals surface area (Å²) in [6.07, 6.45) is 4.85. The van der Waals surface area contributed by atoms with Crippen LogP contribution in [0.5, 0.6) is 5.75 Å². The van der Waals surface area contributed by atoms with Gasteiger partial charge in [-0.1, -0.05) is 76.3 Å². The fourth-order valence-electron chi connectivity index (χ4n) is 4.82. The van der Waals surface area contributed by atoms with Crippen molar-refractivity contribution in [1.82, 2.24) is 0 Å². The minimum absolute atomic E-state index is 0.0244. The van der Waals surface area contributed by atoms with Crippen molar-refractivity contribution < 1.29 is 24.9 Å². The number of aliphatic hydroxyl groups excluding tert-OH is 2. The number of ether oxygens (including phenoxy) is 1. The molecule has 180 valence electrons. The summed E-state index contributed by atoms with van der Waals surface area (Å²) in [6, 6.07) is 14.8. The maximum Gasteiger partial charge on any atom is 0.305 e. The lowest BCUT2D eigenvalue weighted by Crippen LogP contribution is -2.26. The van der Waals surface area contributed by atoms with Crippen molar-refractivity contribution in [3.8, 4) is 16.9 Å². The Morgan fingerprint density at radius 1 is 1.00 bits per heavy atom. The van der Waals surface area contributed by atoms with Crippen LogP contribution in [0, 0.1) is 5.92 Å². The Morgan fingerprint density at radius 3 is 2.33 bits per heavy atom. The number of carboxylic acid groups (broad SMARTS) is 1. The molecule has 1 saturated carbocycles. The molecule has 0 amide bonds. The Balaban J connectivity index is 1.87. The van der Waals surface area contributed by atoms with Gasteiger partial charge in [0.2, 0.25) is 0 Å². The van der Waals surface area contributed by atoms with Gasteiger partial charge in [0.1, 0.15) is 12.4 Å². The summed E-state index contributed by atoms with van der Waals surface area (Å²) in [5.74, 6) is 0.629. The van der Waals surface area contributed by atoms with E-state index in [0.29, 0.717) is 5.92 Å². The molecule has 0 saturated heterocycles. The molecule has 3 N–H and O–H groups in total. The number of hydrogen-bond donors (Lipinski definition) is 3. The lowest BCUT2D eigenvalue weighted by molar-refractivity contribution is -0.139. The molecule has 0 heterocycles. The van der Waals surface area contributed by atoms with Gasteiger partial charge in [-0.25, -0.2) is 0 Å². The molecule has 0 aliphatic heterocycles. The Morgan fingerprint density at radius 2 is 1.70 bits per heavy atom. The van der Waals surface area contributed by atoms with Crippen molar-refractivity contribution in [2.45, 2.75) is 83.3 Å². The molecule has 0 spiro atoms. The summed E-state index contributed by atoms with van der Waals surface area (Å²) >= 11 is 0. The molecule has 3 rings (SSSR count). The van der Waals surface area contributed by atoms with Gasteiger partial charge in [-0.2, -0.15) is 0 Å². The molecule has 2 aromatic carbocycles. The molecule has 1 aliphatic carbocycles. The molecule has 5 nitrogen and oxygen atoms in total. The topological polar surface area (TPSA) is 87.0 Å². The van der Waals surface area contributed by atoms with Gasteiger partial charge in [0.05, 0.1) is 18.6 Å². The van der Waals surface area contributed by atoms with E-state index in [1.165, 1.54) is 48.8 Å². The number of carbonyl (C=O) groups is 1. The van der Waals surface area contributed by atoms with Crippen LogP contribution >= 0.6 is 0 Å². The number of benzene rings is 2. The summed E-state index contributed by atoms with van der Waals surface area (Å²) < 4.78 is 6.22. The number of aliphatic carboxylic acids is 1. The lowest BCUT2D eigenvalue weighted by Gasteiger charge is -2.26. The fourth-order valence-corrected chi connectivity index (χ4v) is 4.82. The van der Waals surface area contributed by atoms with Crippen molar-refractivity contribution in [2.24, 2.45) is 5.92 Å². The normalized spacial score (nSPS) is 16.5. The first-order chi connectivity index (χ1) is 15.8. The third-order valence-electron chi connectivity index (χ3n) is 6.53. The van der Waals surface area contributed by atoms with E-state index in [-0.39, 0.29) is 25.4 Å². The van der Waals surface area contributed by atoms with Crippen LogP contribution in [-0.2, 0) is 11.2 Å². The van der Waals surface area contributed by atoms with Crippen LogP contribution in [0.1, 0.15) is 75.8 Å². The quantitative estimate of drug-likeness (QED) is 0.413. The summed E-state index contributed by atoms with van der Waals surface area (Å²) in [5, 5.41) is 29.1. The van der Waals surface area contributed by atoms with E-state index < -0.39 is 18.2 Å². The zero-order valence-electron chi connectivity index (χ0n) is 19.9. The Bertz CT molecular complexity index is 887. The van der Waals surface area contributed by atoms with Gasteiger partial charge in [-0.05, 0) is 52.6 Å². The summed E-state index contributed by atoms with van der Waals surface area (Å²) in [7, 11) is 0. The molecule has 2 aromatic rings. The molecular formula is C28H38O5. The number of carboxylic acids is 1. The maximum atomic E-state index is 10.8. The van der Waals surface area contributed by atoms with Gasteiger partial charge in [0.25, 0.3) is 0 Å². The molecular weight excluding hydrogens is 416 g/mol. The molecule has 5 heteroatoms. The zero-order chi connectivity index (χ0) is 23.8. The van der Waals surface area contributed by atoms with Crippen molar-refractivity contribution in [2.75, 3.05) is 6.61 Å². The highest BCUT2D eigenvalue weighted by Crippen LogP contribution is 2.38. The smallest absolute Gasteiger partial charge is 0.305 e. The molecule has 1 fully saturated rings. The highest BCUT2D eigenvalue weighted by Gasteiger charge is 2.22. The van der Waals surface area contributed by atoms with Gasteiger partial charge in [0, 0.05) is 6.42 Å². The van der Waals surface area contributed by atoms with Crippen molar-refractivity contribution >= 4 is 5.97 Å². The van der Waals surface area contributed by atoms with Crippen molar-refractivity contribution in [1.29, 1.82) is 0 Å². The van der Waals surface area contributed by atoms with Crippen LogP contribution in [0.4, 0.5) is 0 Å². The molecule has 1 aliphatic rings. The summed E-state index contributed by atoms with van der Waals surface area (Å²) in [5.41, 5.74) is 4.63. The average molecular weight is 455 g/mol. The van der Waals surface area contributed by atoms with Crippen LogP contribution in [-0.4, -0.2) is 40.1 Å². The minimum atomic E-state index is -1.09. The third kappa shape index (κ3) is 7.58. The predicted molar refractivity (Wildman–Crippen MR) is 131 cm³/mol. The van der Waals surface area contributed by atoms with E-state index >= 15 is 0 Å². The van der Waals surface area contributed by atoms with Crippen LogP contribution in [0.25, 0.3) is 11.1 Å². The third-order valence-corrected chi connectivity index (χ3v) is 6.53. The molecule has 2 atom stereocenters. The van der Waals surface area contributed by atoms with Crippen LogP contribution in [0.2, 0.25) is 0 Å². The zero-order valence-corrected chi connectivity index (χ0v) is 19.9. The number of rotatable bonds is 11. The molecule has 0 aromatic heterocycles. The Labute approximate surface area is 197 Å². The van der Waals surface area contributed by atoms with Gasteiger partial charge in [0.15, 0.2) is 0 Å². The average Bonchev–Trinajstić information content (AvgIpc) is 2.78. The van der Waals surface area contributed by atoms with E-state index in [1.807, 2.05) is 18.2 Å². The molecule has 0 radical (unpaired) electrons. The standard InChI is InChI=1S/C28H38O5/c1-19(2)26-15-22(21-11-7-4-8-12-21)14-23(13-20-9-5-3-6-10-20)28(26)33-18-25(30)16-24(29)17-27(31)32/h4,7-8,11-12,14-15,19-20,24-25,29-30H,3,5-6,9-10,13,16-18H2,1-2H3,(H,31,32)/t24-,25+/m1/s1. The van der Waals surface area contributed by atoms with Crippen LogP contribution < -0.4 is 4.74 Å². The van der Waals surface area contributed by atoms with Gasteiger partial charge >= 0.3 is 5.97 Å². The second-order valence-electron chi connectivity index (χ2n) is 9.73. The SMILES string of the molecule is CC(C)c1cc(-c2ccccc2)cc(CC2CCCCC2)c1OC[C@@H](O)C[C@@H](O)CC(=O)O. The van der Waals surface area contributed by atoms with Crippen LogP contribution in [0.15, 0.2) is 42.5 Å². The second kappa shape index (κ2) is 12.2. The van der Waals surface area contributed by atoms with E-state index in [0.717, 1.165) is 17.7 Å². The van der Waals surface area contributed by atoms with Gasteiger partial charge in [-0.15, -0.1) is 0 Å². The van der Waals surface area contributed by atoms with E-state index in [9.17, 15) is 15.0 Å². The summed E-state index contributed by atoms with van der Waals surface area (Å²) in [4.78, 5) is 10.8. The van der Waals surface area contributed by atoms with E-state index in [4.69, 9.17) is 9.84 Å². The minimum Gasteiger partial charge on any atom is -0.490 e. The Hall–Kier alpha value is -2.37. The monoisotopic (exact) mass is 454 g/mol. The van der Waals surface area contributed by atoms with E-state index in [1.54, 1.807) is 0 Å². The molecule has 33 heavy (non-hydrogen) atoms. The predicted octanol–water partition coefficient (Wildman–Crippen LogP) is 5.57. The van der Waals surface area contributed by atoms with Gasteiger partial charge in [-0.3, -0.25) is 4.79 Å². The fraction of sp³-hybridized carbons (Fsp3) is 0.536. The van der Waals surface area contributed by atoms with E-state index in [2.05, 4.69) is 38.1 Å². The lowest BCUT2D eigenvalue weighted by atomic mass is 9.83. The highest BCUT2D eigenvalue weighted by atomic mass is 16.5. The first kappa shape index (κ1) is 25.3. The largest absolute Gasteiger partial charge is 0.490 e. The van der Waals surface area contributed by atoms with Gasteiger partial charge < -0.3 is 20.1 Å². The molecule has 0 unspecified atom stereocenters. The maximum absolute atomic E-state index is 10.8. The van der Waals surface area contributed by atoms with Crippen LogP contribution in [0.3, 0.4) is 0 Å². The van der Waals surface area contributed by atoms with Crippen molar-refractivity contribution in [3.05, 3.63) is 53.6 Å². The number of aliphatic hydroxyl groups is 2. The highest BCUT2D eigenvalue weighted by molar-refractivity contribution is 5.68. The Kier molecular flexibility index (Phi) is 9.33. The number of hydrogen-bond acceptors (Lipinski definition) is 4.